The highest BCUT2D eigenvalue weighted by Gasteiger charge is 2.53. The molecule has 2 amide bonds. The second kappa shape index (κ2) is 10.1. The van der Waals surface area contributed by atoms with Crippen LogP contribution in [0.4, 0.5) is 10.1 Å². The Hall–Kier alpha value is -3.91. The first-order valence-electron chi connectivity index (χ1n) is 13.1. The molecule has 3 aromatic carbocycles. The summed E-state index contributed by atoms with van der Waals surface area (Å²) in [6, 6.07) is 24.0. The number of nitrogens with zero attached hydrogens (tertiary/aromatic N) is 4. The zero-order chi connectivity index (χ0) is 26.1. The van der Waals surface area contributed by atoms with Crippen molar-refractivity contribution in [3.63, 3.8) is 0 Å². The van der Waals surface area contributed by atoms with Crippen molar-refractivity contribution >= 4 is 17.5 Å². The van der Waals surface area contributed by atoms with E-state index in [0.29, 0.717) is 49.5 Å². The molecule has 0 aliphatic carbocycles. The van der Waals surface area contributed by atoms with E-state index in [4.69, 9.17) is 4.74 Å². The van der Waals surface area contributed by atoms with Crippen LogP contribution < -0.4 is 9.64 Å². The van der Waals surface area contributed by atoms with Crippen molar-refractivity contribution in [2.24, 2.45) is 0 Å². The van der Waals surface area contributed by atoms with Crippen molar-refractivity contribution in [3.8, 4) is 5.75 Å². The summed E-state index contributed by atoms with van der Waals surface area (Å²) in [5.74, 6) is 0.390. The van der Waals surface area contributed by atoms with Crippen LogP contribution in [0.5, 0.6) is 5.75 Å². The molecular formula is C30H31FN4O3. The van der Waals surface area contributed by atoms with Crippen molar-refractivity contribution in [1.29, 1.82) is 0 Å². The van der Waals surface area contributed by atoms with Gasteiger partial charge in [0.15, 0.2) is 6.73 Å². The monoisotopic (exact) mass is 514 g/mol. The molecule has 0 aromatic heterocycles. The second-order valence-corrected chi connectivity index (χ2v) is 10.2. The predicted molar refractivity (Wildman–Crippen MR) is 142 cm³/mol. The molecule has 0 bridgehead atoms. The van der Waals surface area contributed by atoms with Crippen LogP contribution in [-0.2, 0) is 11.3 Å². The molecule has 8 heteroatoms. The van der Waals surface area contributed by atoms with Gasteiger partial charge in [0, 0.05) is 37.4 Å². The maximum Gasteiger partial charge on any atom is 0.260 e. The van der Waals surface area contributed by atoms with Gasteiger partial charge in [-0.05, 0) is 43.2 Å². The average Bonchev–Trinajstić information content (AvgIpc) is 3.21. The minimum atomic E-state index is -0.661. The van der Waals surface area contributed by atoms with Gasteiger partial charge in [-0.25, -0.2) is 4.39 Å². The number of amides is 2. The number of carbonyl (C=O) groups excluding carboxylic acids is 2. The standard InChI is InChI=1S/C30H31FN4O3/c31-26-12-6-4-8-23(26)20-34-21-35(24-9-2-1-3-10-24)30(29(34)37)14-16-32(17-15-30)18-19-33-22-38-27-13-7-5-11-25(27)28(33)36/h1-13H,14-22H2. The summed E-state index contributed by atoms with van der Waals surface area (Å²) in [7, 11) is 0. The number of para-hydroxylation sites is 2. The molecule has 3 aromatic rings. The summed E-state index contributed by atoms with van der Waals surface area (Å²) < 4.78 is 20.2. The summed E-state index contributed by atoms with van der Waals surface area (Å²) in [6.45, 7) is 3.68. The highest BCUT2D eigenvalue weighted by atomic mass is 19.1. The minimum absolute atomic E-state index is 0.00895. The van der Waals surface area contributed by atoms with E-state index in [0.717, 1.165) is 18.8 Å². The van der Waals surface area contributed by atoms with Crippen LogP contribution in [0.1, 0.15) is 28.8 Å². The molecule has 3 aliphatic heterocycles. The number of carbonyl (C=O) groups is 2. The van der Waals surface area contributed by atoms with Crippen LogP contribution in [0.25, 0.3) is 0 Å². The van der Waals surface area contributed by atoms with Crippen molar-refractivity contribution in [2.75, 3.05) is 44.5 Å². The highest BCUT2D eigenvalue weighted by Crippen LogP contribution is 2.40. The Morgan fingerprint density at radius 1 is 0.816 bits per heavy atom. The number of hydrogen-bond acceptors (Lipinski definition) is 5. The normalized spacial score (nSPS) is 19.1. The van der Waals surface area contributed by atoms with E-state index in [1.54, 1.807) is 34.1 Å². The lowest BCUT2D eigenvalue weighted by atomic mass is 9.85. The summed E-state index contributed by atoms with van der Waals surface area (Å²) in [5, 5.41) is 0. The first-order chi connectivity index (χ1) is 18.5. The molecule has 6 rings (SSSR count). The van der Waals surface area contributed by atoms with Crippen molar-refractivity contribution < 1.29 is 18.7 Å². The smallest absolute Gasteiger partial charge is 0.260 e. The number of rotatable bonds is 6. The maximum atomic E-state index is 14.4. The van der Waals surface area contributed by atoms with Crippen LogP contribution in [0.15, 0.2) is 78.9 Å². The molecule has 196 valence electrons. The summed E-state index contributed by atoms with van der Waals surface area (Å²) in [6.07, 6.45) is 1.34. The largest absolute Gasteiger partial charge is 0.472 e. The fraction of sp³-hybridized carbons (Fsp3) is 0.333. The van der Waals surface area contributed by atoms with E-state index < -0.39 is 5.54 Å². The van der Waals surface area contributed by atoms with E-state index in [1.165, 1.54) is 6.07 Å². The third kappa shape index (κ3) is 4.39. The highest BCUT2D eigenvalue weighted by molar-refractivity contribution is 5.97. The molecule has 0 saturated carbocycles. The van der Waals surface area contributed by atoms with Gasteiger partial charge in [-0.2, -0.15) is 0 Å². The SMILES string of the molecule is O=C1c2ccccc2OCN1CCN1CCC2(CC1)C(=O)N(Cc1ccccc1F)CN2c1ccccc1. The average molecular weight is 515 g/mol. The van der Waals surface area contributed by atoms with Crippen LogP contribution in [0.3, 0.4) is 0 Å². The molecule has 0 radical (unpaired) electrons. The van der Waals surface area contributed by atoms with Crippen LogP contribution in [-0.4, -0.2) is 71.6 Å². The number of ether oxygens (including phenoxy) is 1. The molecule has 0 N–H and O–H groups in total. The number of likely N-dealkylation sites (tertiary alicyclic amines) is 1. The van der Waals surface area contributed by atoms with Crippen LogP contribution in [0, 0.1) is 5.82 Å². The zero-order valence-corrected chi connectivity index (χ0v) is 21.3. The first kappa shape index (κ1) is 24.4. The van der Waals surface area contributed by atoms with Gasteiger partial charge in [-0.1, -0.05) is 48.5 Å². The third-order valence-electron chi connectivity index (χ3n) is 8.05. The Kier molecular flexibility index (Phi) is 6.49. The molecule has 0 unspecified atom stereocenters. The lowest BCUT2D eigenvalue weighted by molar-refractivity contribution is -0.134. The number of fused-ring (bicyclic) bond motifs is 1. The zero-order valence-electron chi connectivity index (χ0n) is 21.3. The molecule has 3 aliphatic rings. The summed E-state index contributed by atoms with van der Waals surface area (Å²) in [4.78, 5) is 34.8. The first-order valence-corrected chi connectivity index (χ1v) is 13.1. The van der Waals surface area contributed by atoms with Crippen molar-refractivity contribution in [3.05, 3.63) is 95.8 Å². The number of benzene rings is 3. The van der Waals surface area contributed by atoms with E-state index in [1.807, 2.05) is 48.5 Å². The Morgan fingerprint density at radius 2 is 1.53 bits per heavy atom. The Balaban J connectivity index is 1.15. The molecule has 1 spiro atoms. The maximum absolute atomic E-state index is 14.4. The number of anilines is 1. The molecular weight excluding hydrogens is 483 g/mol. The number of piperidine rings is 1. The Labute approximate surface area is 222 Å². The Bertz CT molecular complexity index is 1330. The lowest BCUT2D eigenvalue weighted by Gasteiger charge is -2.43. The van der Waals surface area contributed by atoms with Gasteiger partial charge in [0.1, 0.15) is 17.1 Å². The number of hydrogen-bond donors (Lipinski definition) is 0. The fourth-order valence-corrected chi connectivity index (χ4v) is 5.88. The molecule has 3 heterocycles. The van der Waals surface area contributed by atoms with Gasteiger partial charge in [0.2, 0.25) is 5.91 Å². The molecule has 2 saturated heterocycles. The van der Waals surface area contributed by atoms with Gasteiger partial charge in [-0.3, -0.25) is 9.59 Å². The van der Waals surface area contributed by atoms with Gasteiger partial charge >= 0.3 is 0 Å². The second-order valence-electron chi connectivity index (χ2n) is 10.2. The van der Waals surface area contributed by atoms with Crippen LogP contribution >= 0.6 is 0 Å². The quantitative estimate of drug-likeness (QED) is 0.499. The van der Waals surface area contributed by atoms with Crippen molar-refractivity contribution in [1.82, 2.24) is 14.7 Å². The van der Waals surface area contributed by atoms with Gasteiger partial charge < -0.3 is 24.3 Å². The van der Waals surface area contributed by atoms with Gasteiger partial charge in [0.25, 0.3) is 5.91 Å². The number of halogens is 1. The van der Waals surface area contributed by atoms with Crippen molar-refractivity contribution in [2.45, 2.75) is 24.9 Å². The summed E-state index contributed by atoms with van der Waals surface area (Å²) >= 11 is 0. The van der Waals surface area contributed by atoms with E-state index in [-0.39, 0.29) is 30.9 Å². The predicted octanol–water partition coefficient (Wildman–Crippen LogP) is 3.96. The fourth-order valence-electron chi connectivity index (χ4n) is 5.88. The van der Waals surface area contributed by atoms with Crippen LogP contribution in [0.2, 0.25) is 0 Å². The van der Waals surface area contributed by atoms with Gasteiger partial charge in [0.05, 0.1) is 18.8 Å². The third-order valence-corrected chi connectivity index (χ3v) is 8.05. The molecule has 0 atom stereocenters. The van der Waals surface area contributed by atoms with E-state index >= 15 is 0 Å². The topological polar surface area (TPSA) is 56.3 Å². The Morgan fingerprint density at radius 3 is 2.32 bits per heavy atom. The summed E-state index contributed by atoms with van der Waals surface area (Å²) in [5.41, 5.74) is 1.46. The molecule has 38 heavy (non-hydrogen) atoms. The van der Waals surface area contributed by atoms with Gasteiger partial charge in [-0.15, -0.1) is 0 Å². The molecule has 7 nitrogen and oxygen atoms in total. The lowest BCUT2D eigenvalue weighted by Crippen LogP contribution is -2.57. The van der Waals surface area contributed by atoms with E-state index in [2.05, 4.69) is 9.80 Å². The van der Waals surface area contributed by atoms with E-state index in [9.17, 15) is 14.0 Å². The minimum Gasteiger partial charge on any atom is -0.472 e. The molecule has 2 fully saturated rings.